The third kappa shape index (κ3) is 2.94. The summed E-state index contributed by atoms with van der Waals surface area (Å²) in [7, 11) is 0. The van der Waals surface area contributed by atoms with Crippen LogP contribution in [0.1, 0.15) is 22.8 Å². The van der Waals surface area contributed by atoms with E-state index in [1.165, 1.54) is 0 Å². The zero-order valence-electron chi connectivity index (χ0n) is 12.8. The van der Waals surface area contributed by atoms with Gasteiger partial charge >= 0.3 is 0 Å². The summed E-state index contributed by atoms with van der Waals surface area (Å²) in [5.41, 5.74) is 3.22. The Morgan fingerprint density at radius 2 is 1.52 bits per heavy atom. The maximum absolute atomic E-state index is 12.4. The fourth-order valence-corrected chi connectivity index (χ4v) is 2.49. The standard InChI is InChI=1S/C20H17NO2/c1-13(2)14-7-9-15(10-8-14)20(23)21-18-11-12-19(22)17-6-4-3-5-16(17)18/h3-12,22H,1H2,2H3,(H,21,23). The summed E-state index contributed by atoms with van der Waals surface area (Å²) in [6.07, 6.45) is 0. The first-order valence-corrected chi connectivity index (χ1v) is 7.34. The number of phenolic OH excluding ortho intramolecular Hbond substituents is 1. The number of hydrogen-bond acceptors (Lipinski definition) is 2. The Kier molecular flexibility index (Phi) is 3.85. The number of aromatic hydroxyl groups is 1. The Morgan fingerprint density at radius 3 is 2.17 bits per heavy atom. The second-order valence-corrected chi connectivity index (χ2v) is 5.49. The fourth-order valence-electron chi connectivity index (χ4n) is 2.49. The average molecular weight is 303 g/mol. The fraction of sp³-hybridized carbons (Fsp3) is 0.0500. The molecule has 3 aromatic rings. The van der Waals surface area contributed by atoms with E-state index < -0.39 is 0 Å². The number of nitrogens with one attached hydrogen (secondary N) is 1. The minimum Gasteiger partial charge on any atom is -0.507 e. The van der Waals surface area contributed by atoms with Crippen molar-refractivity contribution in [2.24, 2.45) is 0 Å². The van der Waals surface area contributed by atoms with Crippen molar-refractivity contribution in [2.75, 3.05) is 5.32 Å². The molecule has 2 N–H and O–H groups in total. The predicted molar refractivity (Wildman–Crippen MR) is 94.7 cm³/mol. The van der Waals surface area contributed by atoms with Gasteiger partial charge in [0.15, 0.2) is 0 Å². The number of phenols is 1. The Hall–Kier alpha value is -3.07. The predicted octanol–water partition coefficient (Wildman–Crippen LogP) is 4.83. The molecule has 0 atom stereocenters. The van der Waals surface area contributed by atoms with Crippen molar-refractivity contribution < 1.29 is 9.90 Å². The van der Waals surface area contributed by atoms with Gasteiger partial charge in [-0.1, -0.05) is 48.6 Å². The Balaban J connectivity index is 1.91. The number of carbonyl (C=O) groups is 1. The summed E-state index contributed by atoms with van der Waals surface area (Å²) in [5, 5.41) is 14.3. The van der Waals surface area contributed by atoms with Crippen LogP contribution in [0.25, 0.3) is 16.3 Å². The van der Waals surface area contributed by atoms with Crippen LogP contribution < -0.4 is 5.32 Å². The van der Waals surface area contributed by atoms with Crippen LogP contribution in [-0.4, -0.2) is 11.0 Å². The molecule has 0 heterocycles. The van der Waals surface area contributed by atoms with Gasteiger partial charge in [0, 0.05) is 22.0 Å². The molecule has 0 aromatic heterocycles. The van der Waals surface area contributed by atoms with Crippen LogP contribution in [0, 0.1) is 0 Å². The summed E-state index contributed by atoms with van der Waals surface area (Å²) in [6.45, 7) is 5.81. The molecule has 0 radical (unpaired) electrons. The largest absolute Gasteiger partial charge is 0.507 e. The highest BCUT2D eigenvalue weighted by atomic mass is 16.3. The van der Waals surface area contributed by atoms with Crippen LogP contribution in [0.3, 0.4) is 0 Å². The number of fused-ring (bicyclic) bond motifs is 1. The molecule has 0 saturated heterocycles. The lowest BCUT2D eigenvalue weighted by Crippen LogP contribution is -2.12. The second kappa shape index (κ2) is 5.97. The van der Waals surface area contributed by atoms with Gasteiger partial charge in [-0.2, -0.15) is 0 Å². The molecule has 0 fully saturated rings. The third-order valence-corrected chi connectivity index (χ3v) is 3.79. The quantitative estimate of drug-likeness (QED) is 0.681. The summed E-state index contributed by atoms with van der Waals surface area (Å²) >= 11 is 0. The lowest BCUT2D eigenvalue weighted by molar-refractivity contribution is 0.102. The molecule has 0 aliphatic heterocycles. The van der Waals surface area contributed by atoms with E-state index in [0.29, 0.717) is 16.6 Å². The average Bonchev–Trinajstić information content (AvgIpc) is 2.57. The smallest absolute Gasteiger partial charge is 0.255 e. The first kappa shape index (κ1) is 14.9. The molecule has 0 unspecified atom stereocenters. The van der Waals surface area contributed by atoms with Crippen molar-refractivity contribution in [3.63, 3.8) is 0 Å². The second-order valence-electron chi connectivity index (χ2n) is 5.49. The van der Waals surface area contributed by atoms with Crippen molar-refractivity contribution in [3.8, 4) is 5.75 Å². The number of rotatable bonds is 3. The topological polar surface area (TPSA) is 49.3 Å². The Morgan fingerprint density at radius 1 is 0.913 bits per heavy atom. The van der Waals surface area contributed by atoms with Gasteiger partial charge in [-0.15, -0.1) is 0 Å². The minimum absolute atomic E-state index is 0.186. The van der Waals surface area contributed by atoms with Crippen LogP contribution in [0.4, 0.5) is 5.69 Å². The molecule has 3 heteroatoms. The maximum Gasteiger partial charge on any atom is 0.255 e. The molecular formula is C20H17NO2. The molecule has 3 nitrogen and oxygen atoms in total. The first-order chi connectivity index (χ1) is 11.1. The molecule has 0 spiro atoms. The van der Waals surface area contributed by atoms with E-state index in [1.54, 1.807) is 24.3 Å². The van der Waals surface area contributed by atoms with Gasteiger partial charge in [-0.3, -0.25) is 4.79 Å². The molecule has 23 heavy (non-hydrogen) atoms. The lowest BCUT2D eigenvalue weighted by atomic mass is 10.1. The van der Waals surface area contributed by atoms with E-state index >= 15 is 0 Å². The van der Waals surface area contributed by atoms with Crippen LogP contribution in [0.2, 0.25) is 0 Å². The molecular weight excluding hydrogens is 286 g/mol. The summed E-state index contributed by atoms with van der Waals surface area (Å²) in [5.74, 6) is 0.0125. The molecule has 1 amide bonds. The van der Waals surface area contributed by atoms with Crippen molar-refractivity contribution in [2.45, 2.75) is 6.92 Å². The molecule has 0 aliphatic carbocycles. The van der Waals surface area contributed by atoms with Gasteiger partial charge in [0.05, 0.1) is 0 Å². The van der Waals surface area contributed by atoms with Crippen LogP contribution in [0.15, 0.2) is 67.2 Å². The first-order valence-electron chi connectivity index (χ1n) is 7.34. The number of amides is 1. The van der Waals surface area contributed by atoms with Crippen LogP contribution >= 0.6 is 0 Å². The van der Waals surface area contributed by atoms with E-state index in [9.17, 15) is 9.90 Å². The van der Waals surface area contributed by atoms with E-state index in [-0.39, 0.29) is 11.7 Å². The molecule has 0 aliphatic rings. The number of benzene rings is 3. The highest BCUT2D eigenvalue weighted by Crippen LogP contribution is 2.30. The normalized spacial score (nSPS) is 10.5. The number of carbonyl (C=O) groups excluding carboxylic acids is 1. The van der Waals surface area contributed by atoms with Gasteiger partial charge in [-0.05, 0) is 36.8 Å². The monoisotopic (exact) mass is 303 g/mol. The van der Waals surface area contributed by atoms with E-state index in [0.717, 1.165) is 16.5 Å². The summed E-state index contributed by atoms with van der Waals surface area (Å²) < 4.78 is 0. The van der Waals surface area contributed by atoms with E-state index in [2.05, 4.69) is 11.9 Å². The van der Waals surface area contributed by atoms with Crippen molar-refractivity contribution >= 4 is 27.9 Å². The SMILES string of the molecule is C=C(C)c1ccc(C(=O)Nc2ccc(O)c3ccccc23)cc1. The Bertz CT molecular complexity index is 895. The van der Waals surface area contributed by atoms with Gasteiger partial charge in [-0.25, -0.2) is 0 Å². The maximum atomic E-state index is 12.4. The van der Waals surface area contributed by atoms with Gasteiger partial charge in [0.2, 0.25) is 0 Å². The zero-order chi connectivity index (χ0) is 16.4. The van der Waals surface area contributed by atoms with Crippen molar-refractivity contribution in [1.82, 2.24) is 0 Å². The molecule has 0 bridgehead atoms. The highest BCUT2D eigenvalue weighted by Gasteiger charge is 2.10. The van der Waals surface area contributed by atoms with Gasteiger partial charge in [0.1, 0.15) is 5.75 Å². The molecule has 114 valence electrons. The number of anilines is 1. The van der Waals surface area contributed by atoms with Crippen molar-refractivity contribution in [3.05, 3.63) is 78.4 Å². The van der Waals surface area contributed by atoms with Crippen molar-refractivity contribution in [1.29, 1.82) is 0 Å². The van der Waals surface area contributed by atoms with Gasteiger partial charge < -0.3 is 10.4 Å². The number of allylic oxidation sites excluding steroid dienone is 1. The van der Waals surface area contributed by atoms with E-state index in [4.69, 9.17) is 0 Å². The van der Waals surface area contributed by atoms with Gasteiger partial charge in [0.25, 0.3) is 5.91 Å². The molecule has 3 aromatic carbocycles. The minimum atomic E-state index is -0.186. The summed E-state index contributed by atoms with van der Waals surface area (Å²) in [4.78, 5) is 12.4. The Labute approximate surface area is 134 Å². The van der Waals surface area contributed by atoms with Crippen LogP contribution in [-0.2, 0) is 0 Å². The lowest BCUT2D eigenvalue weighted by Gasteiger charge is -2.10. The molecule has 0 saturated carbocycles. The summed E-state index contributed by atoms with van der Waals surface area (Å²) in [6, 6.07) is 18.0. The van der Waals surface area contributed by atoms with Crippen LogP contribution in [0.5, 0.6) is 5.75 Å². The highest BCUT2D eigenvalue weighted by molar-refractivity contribution is 6.10. The number of hydrogen-bond donors (Lipinski definition) is 2. The zero-order valence-corrected chi connectivity index (χ0v) is 12.8. The van der Waals surface area contributed by atoms with E-state index in [1.807, 2.05) is 43.3 Å². The third-order valence-electron chi connectivity index (χ3n) is 3.79. The molecule has 3 rings (SSSR count).